The highest BCUT2D eigenvalue weighted by molar-refractivity contribution is 4.73. The Morgan fingerprint density at radius 3 is 2.43 bits per heavy atom. The fourth-order valence-corrected chi connectivity index (χ4v) is 0.246. The van der Waals surface area contributed by atoms with E-state index in [2.05, 4.69) is 13.5 Å². The van der Waals surface area contributed by atoms with Crippen LogP contribution in [0.25, 0.3) is 0 Å². The molecule has 0 aromatic carbocycles. The largest absolute Gasteiger partial charge is 0.499 e. The van der Waals surface area contributed by atoms with Crippen molar-refractivity contribution >= 4 is 0 Å². The summed E-state index contributed by atoms with van der Waals surface area (Å²) in [7, 11) is 0. The topological polar surface area (TPSA) is 9.23 Å². The van der Waals surface area contributed by atoms with Gasteiger partial charge < -0.3 is 4.74 Å². The van der Waals surface area contributed by atoms with Crippen LogP contribution < -0.4 is 0 Å². The summed E-state index contributed by atoms with van der Waals surface area (Å²) in [4.78, 5) is 0. The van der Waals surface area contributed by atoms with Crippen LogP contribution in [-0.2, 0) is 4.74 Å². The van der Waals surface area contributed by atoms with Crippen molar-refractivity contribution in [2.24, 2.45) is 0 Å². The summed E-state index contributed by atoms with van der Waals surface area (Å²) < 4.78 is 4.93. The molecule has 7 heavy (non-hydrogen) atoms. The van der Waals surface area contributed by atoms with Crippen LogP contribution in [0.3, 0.4) is 0 Å². The Hall–Kier alpha value is -0.460. The summed E-state index contributed by atoms with van der Waals surface area (Å²) in [5.41, 5.74) is 0. The second kappa shape index (κ2) is 3.72. The van der Waals surface area contributed by atoms with E-state index in [1.807, 2.05) is 6.92 Å². The molecular weight excluding hydrogens is 88.1 g/mol. The average molecular weight is 99.2 g/mol. The highest BCUT2D eigenvalue weighted by atomic mass is 16.5. The predicted octanol–water partition coefficient (Wildman–Crippen LogP) is 1.76. The Labute approximate surface area is 45.0 Å². The van der Waals surface area contributed by atoms with Crippen molar-refractivity contribution in [1.29, 1.82) is 0 Å². The van der Waals surface area contributed by atoms with Crippen LogP contribution in [0, 0.1) is 6.92 Å². The lowest BCUT2D eigenvalue weighted by Crippen LogP contribution is -1.86. The van der Waals surface area contributed by atoms with Gasteiger partial charge in [-0.25, -0.2) is 0 Å². The molecule has 0 atom stereocenters. The van der Waals surface area contributed by atoms with E-state index in [1.54, 1.807) is 0 Å². The quantitative estimate of drug-likeness (QED) is 0.490. The zero-order valence-electron chi connectivity index (χ0n) is 4.74. The van der Waals surface area contributed by atoms with E-state index in [0.29, 0.717) is 6.61 Å². The van der Waals surface area contributed by atoms with E-state index in [9.17, 15) is 0 Å². The van der Waals surface area contributed by atoms with Gasteiger partial charge in [-0.15, -0.1) is 0 Å². The lowest BCUT2D eigenvalue weighted by molar-refractivity contribution is 0.221. The highest BCUT2D eigenvalue weighted by Gasteiger charge is 1.78. The van der Waals surface area contributed by atoms with E-state index in [1.165, 1.54) is 0 Å². The van der Waals surface area contributed by atoms with Crippen LogP contribution in [0.1, 0.15) is 13.3 Å². The maximum Gasteiger partial charge on any atom is 0.0876 e. The van der Waals surface area contributed by atoms with Gasteiger partial charge >= 0.3 is 0 Å². The summed E-state index contributed by atoms with van der Waals surface area (Å²) >= 11 is 0. The van der Waals surface area contributed by atoms with Crippen molar-refractivity contribution in [2.75, 3.05) is 6.61 Å². The van der Waals surface area contributed by atoms with E-state index < -0.39 is 0 Å². The molecule has 0 saturated carbocycles. The van der Waals surface area contributed by atoms with E-state index in [0.717, 1.165) is 12.2 Å². The minimum atomic E-state index is 0.690. The Kier molecular flexibility index (Phi) is 3.48. The molecule has 0 aliphatic heterocycles. The number of rotatable bonds is 3. The molecule has 0 fully saturated rings. The maximum absolute atomic E-state index is 4.93. The lowest BCUT2D eigenvalue weighted by Gasteiger charge is -1.99. The summed E-state index contributed by atoms with van der Waals surface area (Å²) in [5.74, 6) is 0.767. The molecule has 0 heterocycles. The molecule has 0 aromatic rings. The maximum atomic E-state index is 4.93. The number of hydrogen-bond acceptors (Lipinski definition) is 1. The van der Waals surface area contributed by atoms with Crippen LogP contribution in [-0.4, -0.2) is 6.61 Å². The van der Waals surface area contributed by atoms with E-state index in [4.69, 9.17) is 4.74 Å². The number of ether oxygens (including phenoxy) is 1. The fraction of sp³-hybridized carbons (Fsp3) is 0.500. The Bertz CT molecular complexity index is 57.2. The van der Waals surface area contributed by atoms with Gasteiger partial charge in [-0.3, -0.25) is 0 Å². The standard InChI is InChI=1S/C6H11O/c1-4-5-7-6(2)3/h1-2,4-5H2,3H3. The molecule has 0 aliphatic rings. The third-order valence-electron chi connectivity index (χ3n) is 0.493. The number of allylic oxidation sites excluding steroid dienone is 1. The SMILES string of the molecule is [CH2]CCOC(=C)C. The van der Waals surface area contributed by atoms with Gasteiger partial charge in [0, 0.05) is 0 Å². The van der Waals surface area contributed by atoms with Crippen molar-refractivity contribution < 1.29 is 4.74 Å². The Morgan fingerprint density at radius 2 is 2.29 bits per heavy atom. The first-order chi connectivity index (χ1) is 3.27. The zero-order chi connectivity index (χ0) is 5.70. The molecule has 1 nitrogen and oxygen atoms in total. The zero-order valence-corrected chi connectivity index (χ0v) is 4.74. The third kappa shape index (κ3) is 5.54. The van der Waals surface area contributed by atoms with Crippen LogP contribution in [0.2, 0.25) is 0 Å². The molecule has 0 N–H and O–H groups in total. The first-order valence-corrected chi connectivity index (χ1v) is 2.35. The van der Waals surface area contributed by atoms with E-state index in [-0.39, 0.29) is 0 Å². The number of hydrogen-bond donors (Lipinski definition) is 0. The van der Waals surface area contributed by atoms with Crippen LogP contribution in [0.15, 0.2) is 12.3 Å². The van der Waals surface area contributed by atoms with Gasteiger partial charge in [0.15, 0.2) is 0 Å². The Balaban J connectivity index is 2.82. The Morgan fingerprint density at radius 1 is 1.71 bits per heavy atom. The third-order valence-corrected chi connectivity index (χ3v) is 0.493. The molecule has 0 aromatic heterocycles. The van der Waals surface area contributed by atoms with Gasteiger partial charge in [0.1, 0.15) is 0 Å². The van der Waals surface area contributed by atoms with Crippen molar-refractivity contribution in [3.05, 3.63) is 19.3 Å². The smallest absolute Gasteiger partial charge is 0.0876 e. The second-order valence-electron chi connectivity index (χ2n) is 1.40. The van der Waals surface area contributed by atoms with Gasteiger partial charge in [0.05, 0.1) is 12.4 Å². The minimum Gasteiger partial charge on any atom is -0.499 e. The highest BCUT2D eigenvalue weighted by Crippen LogP contribution is 1.89. The average Bonchev–Trinajstić information content (AvgIpc) is 1.61. The lowest BCUT2D eigenvalue weighted by atomic mass is 10.5. The molecule has 0 bridgehead atoms. The molecule has 0 amide bonds. The molecule has 0 unspecified atom stereocenters. The molecule has 0 spiro atoms. The monoisotopic (exact) mass is 99.1 g/mol. The van der Waals surface area contributed by atoms with Crippen LogP contribution >= 0.6 is 0 Å². The molecule has 0 saturated heterocycles. The van der Waals surface area contributed by atoms with Crippen molar-refractivity contribution in [2.45, 2.75) is 13.3 Å². The molecule has 41 valence electrons. The van der Waals surface area contributed by atoms with Crippen molar-refractivity contribution in [3.63, 3.8) is 0 Å². The first-order valence-electron chi connectivity index (χ1n) is 2.35. The molecular formula is C6H11O. The molecule has 1 heteroatoms. The first kappa shape index (κ1) is 6.54. The molecule has 1 radical (unpaired) electrons. The van der Waals surface area contributed by atoms with Gasteiger partial charge in [0.2, 0.25) is 0 Å². The molecule has 0 rings (SSSR count). The normalized spacial score (nSPS) is 8.29. The van der Waals surface area contributed by atoms with Crippen LogP contribution in [0.5, 0.6) is 0 Å². The van der Waals surface area contributed by atoms with Gasteiger partial charge in [-0.1, -0.05) is 6.58 Å². The predicted molar refractivity (Wildman–Crippen MR) is 30.7 cm³/mol. The van der Waals surface area contributed by atoms with Crippen LogP contribution in [0.4, 0.5) is 0 Å². The summed E-state index contributed by atoms with van der Waals surface area (Å²) in [6.07, 6.45) is 0.812. The summed E-state index contributed by atoms with van der Waals surface area (Å²) in [6, 6.07) is 0. The van der Waals surface area contributed by atoms with E-state index >= 15 is 0 Å². The van der Waals surface area contributed by atoms with Gasteiger partial charge in [0.25, 0.3) is 0 Å². The second-order valence-corrected chi connectivity index (χ2v) is 1.40. The van der Waals surface area contributed by atoms with Crippen molar-refractivity contribution in [3.8, 4) is 0 Å². The minimum absolute atomic E-state index is 0.690. The fourth-order valence-electron chi connectivity index (χ4n) is 0.246. The molecule has 0 aliphatic carbocycles. The summed E-state index contributed by atoms with van der Waals surface area (Å²) in [6.45, 7) is 9.65. The van der Waals surface area contributed by atoms with Crippen molar-refractivity contribution in [1.82, 2.24) is 0 Å². The van der Waals surface area contributed by atoms with Gasteiger partial charge in [-0.05, 0) is 20.3 Å². The van der Waals surface area contributed by atoms with Gasteiger partial charge in [-0.2, -0.15) is 0 Å². The summed E-state index contributed by atoms with van der Waals surface area (Å²) in [5, 5.41) is 0.